The van der Waals surface area contributed by atoms with E-state index in [0.717, 1.165) is 17.7 Å². The Morgan fingerprint density at radius 3 is 2.24 bits per heavy atom. The van der Waals surface area contributed by atoms with Gasteiger partial charge in [-0.3, -0.25) is 4.79 Å². The van der Waals surface area contributed by atoms with Crippen molar-refractivity contribution in [3.05, 3.63) is 54.1 Å². The van der Waals surface area contributed by atoms with Gasteiger partial charge >= 0.3 is 6.03 Å². The molecule has 0 aliphatic rings. The average Bonchev–Trinajstić information content (AvgIpc) is 2.56. The highest BCUT2D eigenvalue weighted by Gasteiger charge is 2.12. The zero-order chi connectivity index (χ0) is 18.2. The Balaban J connectivity index is 1.87. The van der Waals surface area contributed by atoms with Crippen molar-refractivity contribution >= 4 is 23.3 Å². The normalized spacial score (nSPS) is 11.4. The summed E-state index contributed by atoms with van der Waals surface area (Å²) in [5.41, 5.74) is 7.39. The first-order valence-corrected chi connectivity index (χ1v) is 8.06. The second-order valence-electron chi connectivity index (χ2n) is 5.94. The summed E-state index contributed by atoms with van der Waals surface area (Å²) in [6.45, 7) is 2.03. The number of anilines is 2. The number of carbonyl (C=O) groups is 2. The van der Waals surface area contributed by atoms with Crippen molar-refractivity contribution in [1.82, 2.24) is 0 Å². The minimum atomic E-state index is -0.623. The fourth-order valence-corrected chi connectivity index (χ4v) is 2.63. The Bertz CT molecular complexity index is 729. The van der Waals surface area contributed by atoms with E-state index in [2.05, 4.69) is 10.6 Å². The molecule has 0 bridgehead atoms. The third-order valence-electron chi connectivity index (χ3n) is 3.73. The van der Waals surface area contributed by atoms with Gasteiger partial charge in [0.15, 0.2) is 0 Å². The summed E-state index contributed by atoms with van der Waals surface area (Å²) in [5.74, 6) is 0.956. The molecule has 6 nitrogen and oxygen atoms in total. The molecule has 1 unspecified atom stereocenters. The molecule has 0 aliphatic heterocycles. The average molecular weight is 341 g/mol. The smallest absolute Gasteiger partial charge is 0.316 e. The van der Waals surface area contributed by atoms with E-state index in [9.17, 15) is 9.59 Å². The van der Waals surface area contributed by atoms with Gasteiger partial charge in [-0.2, -0.15) is 0 Å². The van der Waals surface area contributed by atoms with Gasteiger partial charge in [0.2, 0.25) is 5.91 Å². The van der Waals surface area contributed by atoms with E-state index in [0.29, 0.717) is 17.8 Å². The number of hydrogen-bond acceptors (Lipinski definition) is 3. The lowest BCUT2D eigenvalue weighted by atomic mass is 9.97. The van der Waals surface area contributed by atoms with Crippen LogP contribution < -0.4 is 21.1 Å². The topological polar surface area (TPSA) is 93.4 Å². The van der Waals surface area contributed by atoms with Crippen molar-refractivity contribution < 1.29 is 14.3 Å². The molecule has 4 N–H and O–H groups in total. The van der Waals surface area contributed by atoms with Gasteiger partial charge in [-0.1, -0.05) is 25.1 Å². The number of ether oxygens (including phenoxy) is 1. The van der Waals surface area contributed by atoms with Crippen LogP contribution in [0.5, 0.6) is 5.75 Å². The molecule has 0 spiro atoms. The van der Waals surface area contributed by atoms with Crippen LogP contribution in [-0.4, -0.2) is 19.0 Å². The maximum absolute atomic E-state index is 12.2. The van der Waals surface area contributed by atoms with Crippen LogP contribution in [0.15, 0.2) is 48.5 Å². The molecule has 6 heteroatoms. The van der Waals surface area contributed by atoms with E-state index in [1.807, 2.05) is 31.2 Å². The number of amides is 3. The van der Waals surface area contributed by atoms with Crippen molar-refractivity contribution in [2.75, 3.05) is 17.7 Å². The van der Waals surface area contributed by atoms with E-state index in [-0.39, 0.29) is 11.8 Å². The number of primary amides is 1. The molecule has 0 aliphatic carbocycles. The highest BCUT2D eigenvalue weighted by molar-refractivity contribution is 5.92. The van der Waals surface area contributed by atoms with E-state index < -0.39 is 6.03 Å². The Morgan fingerprint density at radius 2 is 1.64 bits per heavy atom. The second kappa shape index (κ2) is 8.73. The van der Waals surface area contributed by atoms with Gasteiger partial charge in [0.25, 0.3) is 0 Å². The number of urea groups is 1. The number of nitrogens with one attached hydrogen (secondary N) is 2. The van der Waals surface area contributed by atoms with Gasteiger partial charge in [0.05, 0.1) is 7.11 Å². The van der Waals surface area contributed by atoms with Crippen molar-refractivity contribution in [2.45, 2.75) is 19.8 Å². The second-order valence-corrected chi connectivity index (χ2v) is 5.94. The summed E-state index contributed by atoms with van der Waals surface area (Å²) < 4.78 is 5.35. The fraction of sp³-hybridized carbons (Fsp3) is 0.263. The molecule has 3 amide bonds. The molecule has 0 aromatic heterocycles. The number of benzene rings is 2. The lowest BCUT2D eigenvalue weighted by Crippen LogP contribution is -2.19. The largest absolute Gasteiger partial charge is 0.496 e. The third-order valence-corrected chi connectivity index (χ3v) is 3.73. The van der Waals surface area contributed by atoms with Gasteiger partial charge < -0.3 is 21.1 Å². The lowest BCUT2D eigenvalue weighted by Gasteiger charge is -2.14. The zero-order valence-corrected chi connectivity index (χ0v) is 14.4. The quantitative estimate of drug-likeness (QED) is 0.720. The summed E-state index contributed by atoms with van der Waals surface area (Å²) in [4.78, 5) is 23.0. The standard InChI is InChI=1S/C19H23N3O3/c1-13(11-14-5-3-4-6-17(14)25-2)12-18(23)21-15-7-9-16(10-8-15)22-19(20)24/h3-10,13H,11-12H2,1-2H3,(H,21,23)(H3,20,22,24). The predicted molar refractivity (Wildman–Crippen MR) is 98.8 cm³/mol. The monoisotopic (exact) mass is 341 g/mol. The number of hydrogen-bond donors (Lipinski definition) is 3. The Morgan fingerprint density at radius 1 is 1.04 bits per heavy atom. The van der Waals surface area contributed by atoms with Crippen molar-refractivity contribution in [3.63, 3.8) is 0 Å². The Labute approximate surface area is 147 Å². The molecule has 0 heterocycles. The fourth-order valence-electron chi connectivity index (χ4n) is 2.63. The van der Waals surface area contributed by atoms with E-state index in [1.165, 1.54) is 0 Å². The van der Waals surface area contributed by atoms with Crippen LogP contribution in [0.1, 0.15) is 18.9 Å². The lowest BCUT2D eigenvalue weighted by molar-refractivity contribution is -0.116. The maximum Gasteiger partial charge on any atom is 0.316 e. The molecule has 0 radical (unpaired) electrons. The van der Waals surface area contributed by atoms with Crippen molar-refractivity contribution in [1.29, 1.82) is 0 Å². The number of para-hydroxylation sites is 1. The Kier molecular flexibility index (Phi) is 6.39. The highest BCUT2D eigenvalue weighted by Crippen LogP contribution is 2.22. The van der Waals surface area contributed by atoms with Crippen molar-refractivity contribution in [2.24, 2.45) is 11.7 Å². The van der Waals surface area contributed by atoms with Crippen LogP contribution in [0.4, 0.5) is 16.2 Å². The number of nitrogens with two attached hydrogens (primary N) is 1. The molecule has 0 fully saturated rings. The molecule has 2 aromatic carbocycles. The first kappa shape index (κ1) is 18.3. The summed E-state index contributed by atoms with van der Waals surface area (Å²) in [6, 6.07) is 14.0. The first-order chi connectivity index (χ1) is 12.0. The summed E-state index contributed by atoms with van der Waals surface area (Å²) in [6.07, 6.45) is 1.16. The summed E-state index contributed by atoms with van der Waals surface area (Å²) in [5, 5.41) is 5.32. The van der Waals surface area contributed by atoms with Gasteiger partial charge in [0.1, 0.15) is 5.75 Å². The number of rotatable bonds is 7. The molecular weight excluding hydrogens is 318 g/mol. The van der Waals surface area contributed by atoms with Gasteiger partial charge in [-0.25, -0.2) is 4.79 Å². The molecule has 25 heavy (non-hydrogen) atoms. The van der Waals surface area contributed by atoms with Gasteiger partial charge in [-0.15, -0.1) is 0 Å². The molecule has 1 atom stereocenters. The maximum atomic E-state index is 12.2. The molecule has 2 rings (SSSR count). The SMILES string of the molecule is COc1ccccc1CC(C)CC(=O)Nc1ccc(NC(N)=O)cc1. The molecular formula is C19H23N3O3. The number of carbonyl (C=O) groups excluding carboxylic acids is 2. The van der Waals surface area contributed by atoms with Crippen LogP contribution in [0.3, 0.4) is 0 Å². The molecule has 132 valence electrons. The predicted octanol–water partition coefficient (Wildman–Crippen LogP) is 3.39. The van der Waals surface area contributed by atoms with Crippen LogP contribution in [0.25, 0.3) is 0 Å². The summed E-state index contributed by atoms with van der Waals surface area (Å²) in [7, 11) is 1.65. The first-order valence-electron chi connectivity index (χ1n) is 8.06. The van der Waals surface area contributed by atoms with E-state index in [4.69, 9.17) is 10.5 Å². The van der Waals surface area contributed by atoms with E-state index >= 15 is 0 Å². The summed E-state index contributed by atoms with van der Waals surface area (Å²) >= 11 is 0. The molecule has 0 saturated heterocycles. The molecule has 2 aromatic rings. The molecule has 0 saturated carbocycles. The number of methoxy groups -OCH3 is 1. The van der Waals surface area contributed by atoms with Gasteiger partial charge in [-0.05, 0) is 48.2 Å². The van der Waals surface area contributed by atoms with Crippen molar-refractivity contribution in [3.8, 4) is 5.75 Å². The van der Waals surface area contributed by atoms with Crippen LogP contribution in [0.2, 0.25) is 0 Å². The third kappa shape index (κ3) is 5.84. The van der Waals surface area contributed by atoms with Gasteiger partial charge in [0, 0.05) is 17.8 Å². The minimum absolute atomic E-state index is 0.0574. The van der Waals surface area contributed by atoms with Crippen LogP contribution in [-0.2, 0) is 11.2 Å². The van der Waals surface area contributed by atoms with Crippen LogP contribution in [0, 0.1) is 5.92 Å². The van der Waals surface area contributed by atoms with Crippen LogP contribution >= 0.6 is 0 Å². The highest BCUT2D eigenvalue weighted by atomic mass is 16.5. The minimum Gasteiger partial charge on any atom is -0.496 e. The van der Waals surface area contributed by atoms with E-state index in [1.54, 1.807) is 31.4 Å². The zero-order valence-electron chi connectivity index (χ0n) is 14.4. The Hall–Kier alpha value is -3.02.